The number of benzene rings is 1. The number of aryl methyl sites for hydroxylation is 1. The van der Waals surface area contributed by atoms with Gasteiger partial charge in [-0.15, -0.1) is 11.8 Å². The molecule has 0 fully saturated rings. The summed E-state index contributed by atoms with van der Waals surface area (Å²) in [5, 5.41) is 28.7. The summed E-state index contributed by atoms with van der Waals surface area (Å²) < 4.78 is 0. The first kappa shape index (κ1) is 12.9. The Hall–Kier alpha value is -2.15. The molecule has 0 radical (unpaired) electrons. The highest BCUT2D eigenvalue weighted by molar-refractivity contribution is 8.00. The van der Waals surface area contributed by atoms with E-state index in [0.29, 0.717) is 11.6 Å². The van der Waals surface area contributed by atoms with E-state index in [9.17, 15) is 15.0 Å². The summed E-state index contributed by atoms with van der Waals surface area (Å²) in [4.78, 5) is 11.7. The number of nitrogens with zero attached hydrogens (tertiary/aromatic N) is 1. The fourth-order valence-corrected chi connectivity index (χ4v) is 3.42. The highest BCUT2D eigenvalue weighted by Crippen LogP contribution is 2.43. The van der Waals surface area contributed by atoms with Crippen LogP contribution in [0.25, 0.3) is 0 Å². The Morgan fingerprint density at radius 2 is 2.15 bits per heavy atom. The standard InChI is InChI=1S/C13H13N3O3S/c1-6-11-12(7-2-3-8(17)9(18)4-7)20-5-10(19)14-13(11)16-15-6/h2-4,12,17-18H,5H2,1H3,(H2,14,15,16,19)/t12-/m0/s1. The van der Waals surface area contributed by atoms with E-state index in [1.807, 2.05) is 6.92 Å². The Morgan fingerprint density at radius 3 is 2.90 bits per heavy atom. The third kappa shape index (κ3) is 2.09. The van der Waals surface area contributed by atoms with Crippen LogP contribution in [0.2, 0.25) is 0 Å². The van der Waals surface area contributed by atoms with Gasteiger partial charge in [-0.3, -0.25) is 9.89 Å². The smallest absolute Gasteiger partial charge is 0.235 e. The predicted octanol–water partition coefficient (Wildman–Crippen LogP) is 1.90. The lowest BCUT2D eigenvalue weighted by molar-refractivity contribution is -0.113. The van der Waals surface area contributed by atoms with Gasteiger partial charge in [0.1, 0.15) is 0 Å². The summed E-state index contributed by atoms with van der Waals surface area (Å²) in [6.45, 7) is 1.89. The number of carbonyl (C=O) groups is 1. The summed E-state index contributed by atoms with van der Waals surface area (Å²) in [5.74, 6) is 0.394. The molecule has 0 saturated carbocycles. The number of hydrogen-bond acceptors (Lipinski definition) is 5. The highest BCUT2D eigenvalue weighted by atomic mass is 32.2. The second kappa shape index (κ2) is 4.75. The normalized spacial score (nSPS) is 18.2. The zero-order chi connectivity index (χ0) is 14.3. The molecular formula is C13H13N3O3S. The Kier molecular flexibility index (Phi) is 3.06. The molecule has 20 heavy (non-hydrogen) atoms. The number of aromatic nitrogens is 2. The Balaban J connectivity index is 2.10. The molecule has 4 N–H and O–H groups in total. The van der Waals surface area contributed by atoms with E-state index in [4.69, 9.17) is 0 Å². The van der Waals surface area contributed by atoms with Gasteiger partial charge in [0.25, 0.3) is 0 Å². The van der Waals surface area contributed by atoms with Crippen LogP contribution in [0.3, 0.4) is 0 Å². The Bertz CT molecular complexity index is 683. The summed E-state index contributed by atoms with van der Waals surface area (Å²) in [5.41, 5.74) is 2.57. The van der Waals surface area contributed by atoms with Crippen molar-refractivity contribution < 1.29 is 15.0 Å². The first-order valence-electron chi connectivity index (χ1n) is 6.04. The first-order valence-corrected chi connectivity index (χ1v) is 7.09. The van der Waals surface area contributed by atoms with Crippen molar-refractivity contribution in [2.45, 2.75) is 12.2 Å². The molecule has 1 amide bonds. The lowest BCUT2D eigenvalue weighted by Crippen LogP contribution is -2.12. The van der Waals surface area contributed by atoms with Crippen molar-refractivity contribution in [3.63, 3.8) is 0 Å². The van der Waals surface area contributed by atoms with Crippen LogP contribution in [0.4, 0.5) is 5.82 Å². The van der Waals surface area contributed by atoms with Crippen LogP contribution in [0.5, 0.6) is 11.5 Å². The van der Waals surface area contributed by atoms with Crippen LogP contribution in [0.1, 0.15) is 22.1 Å². The number of thioether (sulfide) groups is 1. The molecule has 2 aromatic rings. The van der Waals surface area contributed by atoms with E-state index in [2.05, 4.69) is 15.5 Å². The number of amides is 1. The van der Waals surface area contributed by atoms with Gasteiger partial charge in [-0.25, -0.2) is 0 Å². The largest absolute Gasteiger partial charge is 0.504 e. The minimum atomic E-state index is -0.172. The minimum Gasteiger partial charge on any atom is -0.504 e. The number of fused-ring (bicyclic) bond motifs is 1. The zero-order valence-electron chi connectivity index (χ0n) is 10.7. The Morgan fingerprint density at radius 1 is 1.35 bits per heavy atom. The third-order valence-corrected chi connectivity index (χ3v) is 4.47. The monoisotopic (exact) mass is 291 g/mol. The van der Waals surface area contributed by atoms with Gasteiger partial charge in [0.2, 0.25) is 5.91 Å². The number of aromatic hydroxyl groups is 2. The summed E-state index contributed by atoms with van der Waals surface area (Å²) in [6, 6.07) is 4.69. The molecule has 1 aromatic carbocycles. The molecule has 0 unspecified atom stereocenters. The lowest BCUT2D eigenvalue weighted by Gasteiger charge is -2.15. The third-order valence-electron chi connectivity index (χ3n) is 3.20. The molecule has 2 heterocycles. The number of H-pyrrole nitrogens is 1. The van der Waals surface area contributed by atoms with Crippen LogP contribution in [0, 0.1) is 6.92 Å². The van der Waals surface area contributed by atoms with Crippen molar-refractivity contribution in [3.8, 4) is 11.5 Å². The van der Waals surface area contributed by atoms with Gasteiger partial charge < -0.3 is 15.5 Å². The van der Waals surface area contributed by atoms with Gasteiger partial charge in [-0.2, -0.15) is 5.10 Å². The second-order valence-corrected chi connectivity index (χ2v) is 5.69. The minimum absolute atomic E-state index is 0.103. The van der Waals surface area contributed by atoms with Crippen molar-refractivity contribution in [3.05, 3.63) is 35.0 Å². The fraction of sp³-hybridized carbons (Fsp3) is 0.231. The van der Waals surface area contributed by atoms with Crippen LogP contribution in [0.15, 0.2) is 18.2 Å². The molecule has 0 aliphatic carbocycles. The molecule has 3 rings (SSSR count). The number of hydrogen-bond donors (Lipinski definition) is 4. The van der Waals surface area contributed by atoms with Gasteiger partial charge in [-0.05, 0) is 24.6 Å². The summed E-state index contributed by atoms with van der Waals surface area (Å²) >= 11 is 1.46. The molecule has 104 valence electrons. The fourth-order valence-electron chi connectivity index (χ4n) is 2.23. The number of carbonyl (C=O) groups excluding carboxylic acids is 1. The topological polar surface area (TPSA) is 98.2 Å². The second-order valence-electron chi connectivity index (χ2n) is 4.60. The van der Waals surface area contributed by atoms with Crippen molar-refractivity contribution in [1.82, 2.24) is 10.2 Å². The molecule has 0 bridgehead atoms. The molecule has 1 atom stereocenters. The molecule has 0 spiro atoms. The summed E-state index contributed by atoms with van der Waals surface area (Å²) in [7, 11) is 0. The van der Waals surface area contributed by atoms with E-state index in [1.165, 1.54) is 23.9 Å². The van der Waals surface area contributed by atoms with Gasteiger partial charge in [0, 0.05) is 11.3 Å². The van der Waals surface area contributed by atoms with Gasteiger partial charge in [0.15, 0.2) is 17.3 Å². The van der Waals surface area contributed by atoms with E-state index >= 15 is 0 Å². The van der Waals surface area contributed by atoms with E-state index in [0.717, 1.165) is 16.8 Å². The van der Waals surface area contributed by atoms with Crippen LogP contribution in [-0.4, -0.2) is 32.1 Å². The maximum atomic E-state index is 11.7. The quantitative estimate of drug-likeness (QED) is 0.602. The van der Waals surface area contributed by atoms with Crippen LogP contribution >= 0.6 is 11.8 Å². The number of rotatable bonds is 1. The first-order chi connectivity index (χ1) is 9.56. The average Bonchev–Trinajstić information content (AvgIpc) is 2.67. The van der Waals surface area contributed by atoms with Crippen LogP contribution < -0.4 is 5.32 Å². The van der Waals surface area contributed by atoms with Crippen molar-refractivity contribution >= 4 is 23.5 Å². The molecule has 0 saturated heterocycles. The number of nitrogens with one attached hydrogen (secondary N) is 2. The SMILES string of the molecule is Cc1[nH]nc2c1[C@H](c1ccc(O)c(O)c1)SCC(=O)N2. The molecule has 1 aromatic heterocycles. The van der Waals surface area contributed by atoms with E-state index in [-0.39, 0.29) is 22.7 Å². The van der Waals surface area contributed by atoms with Gasteiger partial charge in [0.05, 0.1) is 11.0 Å². The van der Waals surface area contributed by atoms with Crippen LogP contribution in [-0.2, 0) is 4.79 Å². The molecular weight excluding hydrogens is 278 g/mol. The van der Waals surface area contributed by atoms with Crippen molar-refractivity contribution in [2.75, 3.05) is 11.1 Å². The van der Waals surface area contributed by atoms with Gasteiger partial charge in [-0.1, -0.05) is 6.07 Å². The lowest BCUT2D eigenvalue weighted by atomic mass is 10.0. The Labute approximate surface area is 119 Å². The number of aromatic amines is 1. The van der Waals surface area contributed by atoms with E-state index < -0.39 is 0 Å². The van der Waals surface area contributed by atoms with E-state index in [1.54, 1.807) is 6.07 Å². The number of phenolic OH excluding ortho intramolecular Hbond substituents is 2. The zero-order valence-corrected chi connectivity index (χ0v) is 11.5. The van der Waals surface area contributed by atoms with Crippen molar-refractivity contribution in [1.29, 1.82) is 0 Å². The molecule has 6 nitrogen and oxygen atoms in total. The number of anilines is 1. The number of phenols is 2. The van der Waals surface area contributed by atoms with Crippen molar-refractivity contribution in [2.24, 2.45) is 0 Å². The maximum Gasteiger partial charge on any atom is 0.235 e. The predicted molar refractivity (Wildman–Crippen MR) is 76.0 cm³/mol. The average molecular weight is 291 g/mol. The highest BCUT2D eigenvalue weighted by Gasteiger charge is 2.28. The molecule has 1 aliphatic rings. The molecule has 7 heteroatoms. The summed E-state index contributed by atoms with van der Waals surface area (Å²) in [6.07, 6.45) is 0. The molecule has 1 aliphatic heterocycles. The van der Waals surface area contributed by atoms with Gasteiger partial charge >= 0.3 is 0 Å². The maximum absolute atomic E-state index is 11.7.